The fourth-order valence-corrected chi connectivity index (χ4v) is 3.98. The topological polar surface area (TPSA) is 12.0 Å². The third-order valence-corrected chi connectivity index (χ3v) is 5.11. The molecule has 18 heavy (non-hydrogen) atoms. The molecule has 0 fully saturated rings. The van der Waals surface area contributed by atoms with Crippen LogP contribution in [0.3, 0.4) is 0 Å². The van der Waals surface area contributed by atoms with E-state index in [-0.39, 0.29) is 0 Å². The standard InChI is InChI=1S/C16H25NS/c1-3-9-17-11-13(4-2)10-14-12-18-16-8-6-5-7-15(14)16/h5-8,13-14,17H,3-4,9-12H2,1-2H3. The van der Waals surface area contributed by atoms with Crippen molar-refractivity contribution in [3.8, 4) is 0 Å². The van der Waals surface area contributed by atoms with Crippen molar-refractivity contribution >= 4 is 11.8 Å². The lowest BCUT2D eigenvalue weighted by molar-refractivity contribution is 0.409. The van der Waals surface area contributed by atoms with Crippen LogP contribution in [-0.4, -0.2) is 18.8 Å². The molecule has 0 aliphatic carbocycles. The van der Waals surface area contributed by atoms with Crippen LogP contribution in [0.25, 0.3) is 0 Å². The van der Waals surface area contributed by atoms with E-state index in [0.717, 1.165) is 18.4 Å². The van der Waals surface area contributed by atoms with E-state index in [2.05, 4.69) is 43.4 Å². The van der Waals surface area contributed by atoms with E-state index in [1.807, 2.05) is 11.8 Å². The van der Waals surface area contributed by atoms with Crippen LogP contribution < -0.4 is 5.32 Å². The van der Waals surface area contributed by atoms with Gasteiger partial charge in [0.1, 0.15) is 0 Å². The molecule has 0 saturated heterocycles. The summed E-state index contributed by atoms with van der Waals surface area (Å²) in [6.45, 7) is 6.91. The van der Waals surface area contributed by atoms with Gasteiger partial charge in [-0.1, -0.05) is 38.5 Å². The second kappa shape index (κ2) is 7.20. The van der Waals surface area contributed by atoms with Crippen molar-refractivity contribution < 1.29 is 0 Å². The van der Waals surface area contributed by atoms with Crippen molar-refractivity contribution in [2.24, 2.45) is 5.92 Å². The van der Waals surface area contributed by atoms with Gasteiger partial charge >= 0.3 is 0 Å². The number of fused-ring (bicyclic) bond motifs is 1. The normalized spacial score (nSPS) is 19.8. The molecule has 0 saturated carbocycles. The van der Waals surface area contributed by atoms with Crippen LogP contribution in [0, 0.1) is 5.92 Å². The Bertz CT molecular complexity index is 364. The Morgan fingerprint density at radius 3 is 2.94 bits per heavy atom. The van der Waals surface area contributed by atoms with E-state index in [1.54, 1.807) is 5.56 Å². The summed E-state index contributed by atoms with van der Waals surface area (Å²) in [6.07, 6.45) is 3.87. The number of thioether (sulfide) groups is 1. The third kappa shape index (κ3) is 3.52. The Morgan fingerprint density at radius 2 is 2.17 bits per heavy atom. The predicted octanol–water partition coefficient (Wildman–Crippen LogP) is 4.29. The molecular weight excluding hydrogens is 238 g/mol. The van der Waals surface area contributed by atoms with Gasteiger partial charge in [-0.2, -0.15) is 0 Å². The van der Waals surface area contributed by atoms with Crippen LogP contribution in [0.15, 0.2) is 29.2 Å². The van der Waals surface area contributed by atoms with Gasteiger partial charge < -0.3 is 5.32 Å². The molecule has 0 radical (unpaired) electrons. The van der Waals surface area contributed by atoms with Crippen molar-refractivity contribution in [3.63, 3.8) is 0 Å². The van der Waals surface area contributed by atoms with Gasteiger partial charge in [0.15, 0.2) is 0 Å². The van der Waals surface area contributed by atoms with E-state index < -0.39 is 0 Å². The summed E-state index contributed by atoms with van der Waals surface area (Å²) < 4.78 is 0. The van der Waals surface area contributed by atoms with Gasteiger partial charge in [-0.3, -0.25) is 0 Å². The van der Waals surface area contributed by atoms with Gasteiger partial charge in [0.05, 0.1) is 0 Å². The smallest absolute Gasteiger partial charge is 0.0107 e. The first-order valence-electron chi connectivity index (χ1n) is 7.27. The Morgan fingerprint density at radius 1 is 1.33 bits per heavy atom. The minimum atomic E-state index is 0.777. The van der Waals surface area contributed by atoms with Crippen LogP contribution in [-0.2, 0) is 0 Å². The Hall–Kier alpha value is -0.470. The van der Waals surface area contributed by atoms with Crippen molar-refractivity contribution in [3.05, 3.63) is 29.8 Å². The van der Waals surface area contributed by atoms with Gasteiger partial charge in [0.2, 0.25) is 0 Å². The highest BCUT2D eigenvalue weighted by atomic mass is 32.2. The van der Waals surface area contributed by atoms with Gasteiger partial charge in [-0.25, -0.2) is 0 Å². The predicted molar refractivity (Wildman–Crippen MR) is 81.5 cm³/mol. The summed E-state index contributed by atoms with van der Waals surface area (Å²) in [5.41, 5.74) is 1.59. The zero-order valence-corrected chi connectivity index (χ0v) is 12.4. The molecule has 0 bridgehead atoms. The summed E-state index contributed by atoms with van der Waals surface area (Å²) >= 11 is 2.04. The van der Waals surface area contributed by atoms with Gasteiger partial charge in [0, 0.05) is 10.6 Å². The molecule has 100 valence electrons. The van der Waals surface area contributed by atoms with Crippen molar-refractivity contribution in [2.45, 2.75) is 43.9 Å². The number of benzene rings is 1. The fourth-order valence-electron chi connectivity index (χ4n) is 2.70. The SMILES string of the molecule is CCCNCC(CC)CC1CSc2ccccc21. The van der Waals surface area contributed by atoms with Crippen molar-refractivity contribution in [2.75, 3.05) is 18.8 Å². The van der Waals surface area contributed by atoms with E-state index in [0.29, 0.717) is 0 Å². The Kier molecular flexibility index (Phi) is 5.58. The second-order valence-corrected chi connectivity index (χ2v) is 6.32. The minimum Gasteiger partial charge on any atom is -0.316 e. The first-order valence-corrected chi connectivity index (χ1v) is 8.26. The number of hydrogen-bond donors (Lipinski definition) is 1. The quantitative estimate of drug-likeness (QED) is 0.736. The van der Waals surface area contributed by atoms with Gasteiger partial charge in [-0.15, -0.1) is 11.8 Å². The average Bonchev–Trinajstić information content (AvgIpc) is 2.81. The number of nitrogens with one attached hydrogen (secondary N) is 1. The van der Waals surface area contributed by atoms with E-state index in [4.69, 9.17) is 0 Å². The second-order valence-electron chi connectivity index (χ2n) is 5.26. The third-order valence-electron chi connectivity index (χ3n) is 3.85. The molecule has 1 aliphatic heterocycles. The molecule has 0 spiro atoms. The highest BCUT2D eigenvalue weighted by Gasteiger charge is 2.24. The zero-order valence-electron chi connectivity index (χ0n) is 11.6. The molecule has 1 aliphatic rings. The molecule has 1 aromatic carbocycles. The molecule has 2 atom stereocenters. The van der Waals surface area contributed by atoms with E-state index in [9.17, 15) is 0 Å². The summed E-state index contributed by atoms with van der Waals surface area (Å²) in [5.74, 6) is 2.89. The lowest BCUT2D eigenvalue weighted by Gasteiger charge is -2.20. The summed E-state index contributed by atoms with van der Waals surface area (Å²) in [5, 5.41) is 3.58. The van der Waals surface area contributed by atoms with Gasteiger partial charge in [-0.05, 0) is 49.4 Å². The van der Waals surface area contributed by atoms with Crippen LogP contribution in [0.4, 0.5) is 0 Å². The Balaban J connectivity index is 1.89. The molecule has 2 rings (SSSR count). The molecule has 1 heterocycles. The van der Waals surface area contributed by atoms with E-state index in [1.165, 1.54) is 36.5 Å². The number of hydrogen-bond acceptors (Lipinski definition) is 2. The van der Waals surface area contributed by atoms with Crippen LogP contribution in [0.5, 0.6) is 0 Å². The largest absolute Gasteiger partial charge is 0.316 e. The van der Waals surface area contributed by atoms with Gasteiger partial charge in [0.25, 0.3) is 0 Å². The molecule has 1 nitrogen and oxygen atoms in total. The lowest BCUT2D eigenvalue weighted by Crippen LogP contribution is -2.24. The van der Waals surface area contributed by atoms with Crippen LogP contribution >= 0.6 is 11.8 Å². The highest BCUT2D eigenvalue weighted by Crippen LogP contribution is 2.42. The molecule has 1 N–H and O–H groups in total. The lowest BCUT2D eigenvalue weighted by atomic mass is 9.89. The maximum absolute atomic E-state index is 3.58. The molecule has 0 amide bonds. The zero-order chi connectivity index (χ0) is 12.8. The molecule has 2 heteroatoms. The summed E-state index contributed by atoms with van der Waals surface area (Å²) in [6, 6.07) is 8.95. The van der Waals surface area contributed by atoms with E-state index >= 15 is 0 Å². The molecule has 1 aromatic rings. The highest BCUT2D eigenvalue weighted by molar-refractivity contribution is 7.99. The van der Waals surface area contributed by atoms with Crippen molar-refractivity contribution in [1.29, 1.82) is 0 Å². The van der Waals surface area contributed by atoms with Crippen molar-refractivity contribution in [1.82, 2.24) is 5.32 Å². The maximum Gasteiger partial charge on any atom is 0.0107 e. The minimum absolute atomic E-state index is 0.777. The molecule has 0 aromatic heterocycles. The molecular formula is C16H25NS. The molecule has 2 unspecified atom stereocenters. The maximum atomic E-state index is 3.58. The number of rotatable bonds is 7. The Labute approximate surface area is 116 Å². The van der Waals surface area contributed by atoms with Crippen LogP contribution in [0.1, 0.15) is 44.6 Å². The summed E-state index contributed by atoms with van der Waals surface area (Å²) in [7, 11) is 0. The van der Waals surface area contributed by atoms with Crippen LogP contribution in [0.2, 0.25) is 0 Å². The average molecular weight is 263 g/mol. The summed E-state index contributed by atoms with van der Waals surface area (Å²) in [4.78, 5) is 1.51. The monoisotopic (exact) mass is 263 g/mol. The fraction of sp³-hybridized carbons (Fsp3) is 0.625. The first-order chi connectivity index (χ1) is 8.85. The first kappa shape index (κ1) is 14.0.